The lowest BCUT2D eigenvalue weighted by Gasteiger charge is -2.35. The van der Waals surface area contributed by atoms with Gasteiger partial charge in [0.15, 0.2) is 11.5 Å². The summed E-state index contributed by atoms with van der Waals surface area (Å²) in [6, 6.07) is 11.4. The lowest BCUT2D eigenvalue weighted by molar-refractivity contribution is 0.102. The minimum absolute atomic E-state index is 0.250. The molecule has 1 fully saturated rings. The van der Waals surface area contributed by atoms with Gasteiger partial charge in [0.2, 0.25) is 5.75 Å². The monoisotopic (exact) mass is 506 g/mol. The summed E-state index contributed by atoms with van der Waals surface area (Å²) in [5.41, 5.74) is 3.19. The number of anilines is 2. The summed E-state index contributed by atoms with van der Waals surface area (Å²) in [7, 11) is 0. The van der Waals surface area contributed by atoms with E-state index >= 15 is 0 Å². The number of likely N-dealkylation sites (N-methyl/N-ethyl adjacent to an activating group) is 1. The van der Waals surface area contributed by atoms with Crippen LogP contribution in [0.25, 0.3) is 10.9 Å². The van der Waals surface area contributed by atoms with Crippen molar-refractivity contribution in [1.29, 1.82) is 0 Å². The van der Waals surface area contributed by atoms with Crippen LogP contribution in [0.4, 0.5) is 11.5 Å². The topological polar surface area (TPSA) is 76.2 Å². The van der Waals surface area contributed by atoms with Crippen LogP contribution in [0.3, 0.4) is 0 Å². The molecule has 1 aliphatic heterocycles. The van der Waals surface area contributed by atoms with Crippen LogP contribution >= 0.6 is 0 Å². The smallest absolute Gasteiger partial charge is 0.255 e. The summed E-state index contributed by atoms with van der Waals surface area (Å²) in [6.45, 7) is 16.5. The minimum atomic E-state index is -0.250. The number of pyridine rings is 1. The fraction of sp³-hybridized carbons (Fsp3) is 0.448. The largest absolute Gasteiger partial charge is 0.490 e. The first kappa shape index (κ1) is 26.5. The molecule has 1 N–H and O–H groups in total. The van der Waals surface area contributed by atoms with Crippen LogP contribution in [0, 0.1) is 6.92 Å². The number of hydrogen-bond donors (Lipinski definition) is 1. The Kier molecular flexibility index (Phi) is 8.71. The summed E-state index contributed by atoms with van der Waals surface area (Å²) >= 11 is 0. The zero-order valence-corrected chi connectivity index (χ0v) is 22.6. The van der Waals surface area contributed by atoms with Crippen molar-refractivity contribution in [2.45, 2.75) is 34.6 Å². The Hall–Kier alpha value is -3.52. The highest BCUT2D eigenvalue weighted by atomic mass is 16.5. The third-order valence-corrected chi connectivity index (χ3v) is 6.57. The van der Waals surface area contributed by atoms with Crippen molar-refractivity contribution >= 4 is 28.3 Å². The molecule has 0 spiro atoms. The normalized spacial score (nSPS) is 14.0. The average Bonchev–Trinajstić information content (AvgIpc) is 2.91. The Labute approximate surface area is 219 Å². The quantitative estimate of drug-likeness (QED) is 0.408. The number of nitrogens with zero attached hydrogens (tertiary/aromatic N) is 3. The molecular formula is C29H38N4O4. The Morgan fingerprint density at radius 3 is 2.14 bits per heavy atom. The summed E-state index contributed by atoms with van der Waals surface area (Å²) < 4.78 is 17.3. The second kappa shape index (κ2) is 12.1. The van der Waals surface area contributed by atoms with Crippen LogP contribution < -0.4 is 24.4 Å². The molecule has 0 bridgehead atoms. The van der Waals surface area contributed by atoms with Gasteiger partial charge >= 0.3 is 0 Å². The summed E-state index contributed by atoms with van der Waals surface area (Å²) in [5.74, 6) is 2.26. The predicted molar refractivity (Wildman–Crippen MR) is 149 cm³/mol. The minimum Gasteiger partial charge on any atom is -0.490 e. The maximum absolute atomic E-state index is 13.2. The van der Waals surface area contributed by atoms with E-state index in [1.807, 2.05) is 39.0 Å². The van der Waals surface area contributed by atoms with Gasteiger partial charge in [0, 0.05) is 42.8 Å². The summed E-state index contributed by atoms with van der Waals surface area (Å²) in [4.78, 5) is 23.0. The number of aryl methyl sites for hydroxylation is 1. The van der Waals surface area contributed by atoms with E-state index in [1.165, 1.54) is 0 Å². The summed E-state index contributed by atoms with van der Waals surface area (Å²) in [5, 5.41) is 4.04. The number of benzene rings is 2. The van der Waals surface area contributed by atoms with E-state index in [4.69, 9.17) is 19.2 Å². The maximum atomic E-state index is 13.2. The van der Waals surface area contributed by atoms with E-state index in [-0.39, 0.29) is 5.91 Å². The van der Waals surface area contributed by atoms with Gasteiger partial charge in [-0.25, -0.2) is 4.98 Å². The van der Waals surface area contributed by atoms with E-state index in [1.54, 1.807) is 12.1 Å². The highest BCUT2D eigenvalue weighted by Gasteiger charge is 2.20. The standard InChI is InChI=1S/C29H38N4O4/c1-6-32-12-14-33(15-13-32)27-16-20(5)23-19-22(10-11-24(23)31-27)30-29(34)21-17-25(35-7-2)28(37-9-4)26(18-21)36-8-3/h10-11,16-19H,6-9,12-15H2,1-5H3,(H,30,34). The van der Waals surface area contributed by atoms with Crippen molar-refractivity contribution in [3.63, 3.8) is 0 Å². The SMILES string of the molecule is CCOc1cc(C(=O)Nc2ccc3nc(N4CCN(CC)CC4)cc(C)c3c2)cc(OCC)c1OCC. The van der Waals surface area contributed by atoms with Gasteiger partial charge in [0.1, 0.15) is 5.82 Å². The summed E-state index contributed by atoms with van der Waals surface area (Å²) in [6.07, 6.45) is 0. The zero-order valence-electron chi connectivity index (χ0n) is 22.6. The van der Waals surface area contributed by atoms with E-state index < -0.39 is 0 Å². The highest BCUT2D eigenvalue weighted by molar-refractivity contribution is 6.06. The molecule has 8 nitrogen and oxygen atoms in total. The maximum Gasteiger partial charge on any atom is 0.255 e. The number of ether oxygens (including phenoxy) is 3. The van der Waals surface area contributed by atoms with Crippen LogP contribution in [0.1, 0.15) is 43.6 Å². The fourth-order valence-electron chi connectivity index (χ4n) is 4.63. The molecular weight excluding hydrogens is 468 g/mol. The van der Waals surface area contributed by atoms with Crippen LogP contribution in [-0.4, -0.2) is 68.3 Å². The van der Waals surface area contributed by atoms with Crippen molar-refractivity contribution in [1.82, 2.24) is 9.88 Å². The van der Waals surface area contributed by atoms with Crippen LogP contribution in [0.5, 0.6) is 17.2 Å². The van der Waals surface area contributed by atoms with Crippen molar-refractivity contribution in [3.05, 3.63) is 47.5 Å². The highest BCUT2D eigenvalue weighted by Crippen LogP contribution is 2.39. The second-order valence-corrected chi connectivity index (χ2v) is 9.01. The molecule has 1 amide bonds. The number of rotatable bonds is 10. The van der Waals surface area contributed by atoms with Gasteiger partial charge < -0.3 is 29.3 Å². The van der Waals surface area contributed by atoms with Gasteiger partial charge in [-0.05, 0) is 76.2 Å². The predicted octanol–water partition coefficient (Wildman–Crippen LogP) is 5.13. The van der Waals surface area contributed by atoms with E-state index in [9.17, 15) is 4.79 Å². The number of piperazine rings is 1. The van der Waals surface area contributed by atoms with Crippen molar-refractivity contribution in [3.8, 4) is 17.2 Å². The number of fused-ring (bicyclic) bond motifs is 1. The molecule has 1 saturated heterocycles. The van der Waals surface area contributed by atoms with Crippen LogP contribution in [0.15, 0.2) is 36.4 Å². The number of carbonyl (C=O) groups is 1. The molecule has 198 valence electrons. The molecule has 0 aliphatic carbocycles. The molecule has 8 heteroatoms. The molecule has 0 unspecified atom stereocenters. The van der Waals surface area contributed by atoms with Gasteiger partial charge in [-0.15, -0.1) is 0 Å². The van der Waals surface area contributed by atoms with Gasteiger partial charge in [-0.1, -0.05) is 6.92 Å². The van der Waals surface area contributed by atoms with E-state index in [0.717, 1.165) is 55.0 Å². The first-order chi connectivity index (χ1) is 18.0. The first-order valence-electron chi connectivity index (χ1n) is 13.2. The number of aromatic nitrogens is 1. The van der Waals surface area contributed by atoms with Crippen molar-refractivity contribution in [2.24, 2.45) is 0 Å². The molecule has 37 heavy (non-hydrogen) atoms. The molecule has 2 aromatic carbocycles. The Balaban J connectivity index is 1.57. The Bertz CT molecular complexity index is 1210. The van der Waals surface area contributed by atoms with E-state index in [2.05, 4.69) is 35.0 Å². The van der Waals surface area contributed by atoms with Gasteiger partial charge in [0.05, 0.1) is 25.3 Å². The number of nitrogens with one attached hydrogen (secondary N) is 1. The first-order valence-corrected chi connectivity index (χ1v) is 13.2. The van der Waals surface area contributed by atoms with Crippen LogP contribution in [0.2, 0.25) is 0 Å². The molecule has 1 aliphatic rings. The number of carbonyl (C=O) groups excluding carboxylic acids is 1. The lowest BCUT2D eigenvalue weighted by Crippen LogP contribution is -2.46. The Morgan fingerprint density at radius 2 is 1.54 bits per heavy atom. The molecule has 4 rings (SSSR count). The number of amides is 1. The zero-order chi connectivity index (χ0) is 26.4. The van der Waals surface area contributed by atoms with Crippen molar-refractivity contribution < 1.29 is 19.0 Å². The Morgan fingerprint density at radius 1 is 0.892 bits per heavy atom. The van der Waals surface area contributed by atoms with Gasteiger partial charge in [-0.3, -0.25) is 4.79 Å². The molecule has 2 heterocycles. The van der Waals surface area contributed by atoms with Crippen molar-refractivity contribution in [2.75, 3.05) is 62.8 Å². The van der Waals surface area contributed by atoms with E-state index in [0.29, 0.717) is 48.3 Å². The third-order valence-electron chi connectivity index (χ3n) is 6.57. The molecule has 3 aromatic rings. The van der Waals surface area contributed by atoms with Gasteiger partial charge in [0.25, 0.3) is 5.91 Å². The molecule has 1 aromatic heterocycles. The van der Waals surface area contributed by atoms with Crippen LogP contribution in [-0.2, 0) is 0 Å². The molecule has 0 atom stereocenters. The third kappa shape index (κ3) is 6.07. The average molecular weight is 507 g/mol. The number of hydrogen-bond acceptors (Lipinski definition) is 7. The van der Waals surface area contributed by atoms with Gasteiger partial charge in [-0.2, -0.15) is 0 Å². The second-order valence-electron chi connectivity index (χ2n) is 9.01. The lowest BCUT2D eigenvalue weighted by atomic mass is 10.1. The molecule has 0 radical (unpaired) electrons. The molecule has 0 saturated carbocycles. The fourth-order valence-corrected chi connectivity index (χ4v) is 4.63.